The van der Waals surface area contributed by atoms with E-state index in [1.165, 1.54) is 55.6 Å². The van der Waals surface area contributed by atoms with Gasteiger partial charge in [-0.3, -0.25) is 0 Å². The number of aryl methyl sites for hydroxylation is 1. The largest absolute Gasteiger partial charge is 0.344 e. The van der Waals surface area contributed by atoms with Gasteiger partial charge in [-0.1, -0.05) is 64.1 Å². The molecule has 3 heterocycles. The molecule has 0 aliphatic carbocycles. The topological polar surface area (TPSA) is 13.7 Å². The Balaban J connectivity index is 1.75. The molecule has 2 aromatic heterocycles. The highest BCUT2D eigenvalue weighted by Crippen LogP contribution is 2.40. The SMILES string of the molecule is CC(C)Cc1cc2c(c(CC(C)C)c1-n1cc[n+]3c1-c1ccccc1C3)c1ccccc1n2C. The lowest BCUT2D eigenvalue weighted by Gasteiger charge is -2.18. The Morgan fingerprint density at radius 1 is 0.882 bits per heavy atom. The standard InChI is InChI=1S/C31H34N3/c1-20(2)16-23-18-28-29(25-12-8-9-13-27(25)32(28)5)26(17-21(3)4)30(23)34-15-14-33-19-22-10-6-7-11-24(22)31(33)34/h6-15,18,20-21H,16-17,19H2,1-5H3/q+1. The molecule has 0 N–H and O–H groups in total. The molecule has 1 aliphatic heterocycles. The minimum atomic E-state index is 0.568. The summed E-state index contributed by atoms with van der Waals surface area (Å²) in [5, 5.41) is 2.79. The molecule has 0 spiro atoms. The second-order valence-corrected chi connectivity index (χ2v) is 10.8. The van der Waals surface area contributed by atoms with Gasteiger partial charge in [0, 0.05) is 45.5 Å². The molecule has 0 saturated heterocycles. The van der Waals surface area contributed by atoms with Gasteiger partial charge in [0.05, 0.1) is 5.56 Å². The van der Waals surface area contributed by atoms with Crippen LogP contribution in [-0.4, -0.2) is 9.13 Å². The normalized spacial score (nSPS) is 12.9. The minimum absolute atomic E-state index is 0.568. The average molecular weight is 449 g/mol. The Bertz CT molecular complexity index is 1540. The molecule has 3 aromatic carbocycles. The summed E-state index contributed by atoms with van der Waals surface area (Å²) in [5.74, 6) is 2.46. The van der Waals surface area contributed by atoms with Crippen molar-refractivity contribution < 1.29 is 4.57 Å². The van der Waals surface area contributed by atoms with Crippen molar-refractivity contribution in [2.45, 2.75) is 47.1 Å². The lowest BCUT2D eigenvalue weighted by Crippen LogP contribution is -2.30. The zero-order valence-corrected chi connectivity index (χ0v) is 21.0. The molecule has 0 atom stereocenters. The predicted octanol–water partition coefficient (Wildman–Crippen LogP) is 6.84. The van der Waals surface area contributed by atoms with E-state index < -0.39 is 0 Å². The number of nitrogens with zero attached hydrogens (tertiary/aromatic N) is 3. The Labute approximate surface area is 202 Å². The van der Waals surface area contributed by atoms with Crippen LogP contribution in [0, 0.1) is 11.8 Å². The Morgan fingerprint density at radius 3 is 2.41 bits per heavy atom. The maximum Gasteiger partial charge on any atom is 0.294 e. The first-order valence-corrected chi connectivity index (χ1v) is 12.6. The third kappa shape index (κ3) is 3.14. The maximum atomic E-state index is 2.50. The van der Waals surface area contributed by atoms with Gasteiger partial charge in [0.2, 0.25) is 0 Å². The Kier molecular flexibility index (Phi) is 4.91. The average Bonchev–Trinajstić information content (AvgIpc) is 3.45. The minimum Gasteiger partial charge on any atom is -0.344 e. The van der Waals surface area contributed by atoms with E-state index in [1.54, 1.807) is 0 Å². The van der Waals surface area contributed by atoms with Gasteiger partial charge in [-0.2, -0.15) is 4.57 Å². The molecule has 0 fully saturated rings. The summed E-state index contributed by atoms with van der Waals surface area (Å²) in [6, 6.07) is 20.3. The molecular formula is C31H34N3+. The first-order chi connectivity index (χ1) is 16.4. The summed E-state index contributed by atoms with van der Waals surface area (Å²) in [4.78, 5) is 0. The van der Waals surface area contributed by atoms with Crippen molar-refractivity contribution in [3.8, 4) is 17.1 Å². The lowest BCUT2D eigenvalue weighted by atomic mass is 9.90. The highest BCUT2D eigenvalue weighted by atomic mass is 15.2. The van der Waals surface area contributed by atoms with Crippen molar-refractivity contribution in [2.24, 2.45) is 18.9 Å². The predicted molar refractivity (Wildman–Crippen MR) is 142 cm³/mol. The van der Waals surface area contributed by atoms with E-state index in [2.05, 4.69) is 115 Å². The molecule has 0 bridgehead atoms. The van der Waals surface area contributed by atoms with E-state index in [4.69, 9.17) is 0 Å². The highest BCUT2D eigenvalue weighted by molar-refractivity contribution is 6.11. The van der Waals surface area contributed by atoms with Gasteiger partial charge in [-0.15, -0.1) is 0 Å². The zero-order valence-electron chi connectivity index (χ0n) is 21.0. The van der Waals surface area contributed by atoms with Gasteiger partial charge in [0.25, 0.3) is 5.82 Å². The number of rotatable bonds is 5. The molecule has 0 amide bonds. The number of para-hydroxylation sites is 1. The van der Waals surface area contributed by atoms with Gasteiger partial charge in [0.15, 0.2) is 0 Å². The Hall–Kier alpha value is -3.33. The zero-order chi connectivity index (χ0) is 23.6. The summed E-state index contributed by atoms with van der Waals surface area (Å²) in [6.45, 7) is 10.3. The first kappa shape index (κ1) is 21.2. The van der Waals surface area contributed by atoms with Gasteiger partial charge in [0.1, 0.15) is 24.6 Å². The summed E-state index contributed by atoms with van der Waals surface area (Å²) >= 11 is 0. The second-order valence-electron chi connectivity index (χ2n) is 10.8. The maximum absolute atomic E-state index is 2.50. The molecule has 0 unspecified atom stereocenters. The number of imidazole rings is 1. The number of fused-ring (bicyclic) bond motifs is 6. The second kappa shape index (κ2) is 7.87. The Morgan fingerprint density at radius 2 is 1.62 bits per heavy atom. The van der Waals surface area contributed by atoms with E-state index in [0.29, 0.717) is 11.8 Å². The van der Waals surface area contributed by atoms with Gasteiger partial charge in [-0.05, 0) is 42.9 Å². The summed E-state index contributed by atoms with van der Waals surface area (Å²) in [5.41, 5.74) is 9.78. The van der Waals surface area contributed by atoms with Crippen LogP contribution in [-0.2, 0) is 26.4 Å². The number of aromatic nitrogens is 3. The van der Waals surface area contributed by atoms with Gasteiger partial charge >= 0.3 is 0 Å². The molecule has 0 saturated carbocycles. The summed E-state index contributed by atoms with van der Waals surface area (Å²) in [6.07, 6.45) is 6.69. The molecule has 3 heteroatoms. The quantitative estimate of drug-likeness (QED) is 0.256. The molecule has 5 aromatic rings. The molecule has 1 aliphatic rings. The van der Waals surface area contributed by atoms with E-state index in [-0.39, 0.29) is 0 Å². The smallest absolute Gasteiger partial charge is 0.294 e. The van der Waals surface area contributed by atoms with Crippen molar-refractivity contribution in [1.29, 1.82) is 0 Å². The van der Waals surface area contributed by atoms with E-state index >= 15 is 0 Å². The van der Waals surface area contributed by atoms with Crippen molar-refractivity contribution in [1.82, 2.24) is 9.13 Å². The molecule has 3 nitrogen and oxygen atoms in total. The summed E-state index contributed by atoms with van der Waals surface area (Å²) in [7, 11) is 2.22. The third-order valence-electron chi connectivity index (χ3n) is 7.33. The van der Waals surface area contributed by atoms with Gasteiger partial charge in [-0.25, -0.2) is 4.57 Å². The van der Waals surface area contributed by atoms with Crippen LogP contribution in [0.2, 0.25) is 0 Å². The highest BCUT2D eigenvalue weighted by Gasteiger charge is 2.33. The summed E-state index contributed by atoms with van der Waals surface area (Å²) < 4.78 is 7.31. The molecule has 6 rings (SSSR count). The number of hydrogen-bond donors (Lipinski definition) is 0. The van der Waals surface area contributed by atoms with Crippen LogP contribution in [0.15, 0.2) is 67.0 Å². The molecule has 0 radical (unpaired) electrons. The van der Waals surface area contributed by atoms with E-state index in [1.807, 2.05) is 0 Å². The van der Waals surface area contributed by atoms with Crippen molar-refractivity contribution in [3.05, 3.63) is 83.7 Å². The van der Waals surface area contributed by atoms with Crippen LogP contribution in [0.5, 0.6) is 0 Å². The molecular weight excluding hydrogens is 414 g/mol. The van der Waals surface area contributed by atoms with Crippen LogP contribution in [0.25, 0.3) is 38.9 Å². The third-order valence-corrected chi connectivity index (χ3v) is 7.33. The fraction of sp³-hybridized carbons (Fsp3) is 0.323. The van der Waals surface area contributed by atoms with Crippen LogP contribution in [0.3, 0.4) is 0 Å². The van der Waals surface area contributed by atoms with E-state index in [0.717, 1.165) is 19.4 Å². The monoisotopic (exact) mass is 448 g/mol. The van der Waals surface area contributed by atoms with Crippen LogP contribution in [0.1, 0.15) is 44.4 Å². The van der Waals surface area contributed by atoms with Crippen molar-refractivity contribution in [3.63, 3.8) is 0 Å². The van der Waals surface area contributed by atoms with Crippen LogP contribution < -0.4 is 4.57 Å². The number of hydrogen-bond acceptors (Lipinski definition) is 0. The van der Waals surface area contributed by atoms with Crippen LogP contribution >= 0.6 is 0 Å². The van der Waals surface area contributed by atoms with E-state index in [9.17, 15) is 0 Å². The lowest BCUT2D eigenvalue weighted by molar-refractivity contribution is -0.671. The van der Waals surface area contributed by atoms with Gasteiger partial charge < -0.3 is 4.57 Å². The number of benzene rings is 3. The fourth-order valence-electron chi connectivity index (χ4n) is 6.03. The molecule has 172 valence electrons. The molecule has 34 heavy (non-hydrogen) atoms. The van der Waals surface area contributed by atoms with Crippen molar-refractivity contribution >= 4 is 21.8 Å². The van der Waals surface area contributed by atoms with Crippen LogP contribution in [0.4, 0.5) is 0 Å². The van der Waals surface area contributed by atoms with Crippen molar-refractivity contribution in [2.75, 3.05) is 0 Å². The first-order valence-electron chi connectivity index (χ1n) is 12.6. The fourth-order valence-corrected chi connectivity index (χ4v) is 6.03.